The number of nitrogens with zero attached hydrogens (tertiary/aromatic N) is 1. The van der Waals surface area contributed by atoms with Crippen LogP contribution in [0.4, 0.5) is 5.69 Å². The lowest BCUT2D eigenvalue weighted by molar-refractivity contribution is -0.126. The van der Waals surface area contributed by atoms with Crippen LogP contribution in [0.25, 0.3) is 0 Å². The van der Waals surface area contributed by atoms with Gasteiger partial charge in [-0.05, 0) is 44.7 Å². The molecule has 1 saturated carbocycles. The number of hydrogen-bond donors (Lipinski definition) is 0. The van der Waals surface area contributed by atoms with Gasteiger partial charge >= 0.3 is 0 Å². The minimum Gasteiger partial charge on any atom is -0.368 e. The predicted octanol–water partition coefficient (Wildman–Crippen LogP) is 4.02. The highest BCUT2D eigenvalue weighted by Crippen LogP contribution is 2.26. The first kappa shape index (κ1) is 16.0. The molecule has 0 aromatic heterocycles. The molecule has 2 unspecified atom stereocenters. The summed E-state index contributed by atoms with van der Waals surface area (Å²) < 4.78 is 5.88. The molecule has 21 heavy (non-hydrogen) atoms. The maximum absolute atomic E-state index is 12.5. The Balaban J connectivity index is 1.93. The van der Waals surface area contributed by atoms with Crippen LogP contribution in [-0.2, 0) is 9.53 Å². The van der Waals surface area contributed by atoms with E-state index in [1.807, 2.05) is 49.1 Å². The van der Waals surface area contributed by atoms with Crippen LogP contribution in [-0.4, -0.2) is 24.7 Å². The number of hydrogen-bond acceptors (Lipinski definition) is 2. The molecule has 0 bridgehead atoms. The fraction of sp³-hybridized carbons (Fsp3) is 0.611. The highest BCUT2D eigenvalue weighted by Gasteiger charge is 2.23. The number of carbonyl (C=O) groups is 1. The first-order chi connectivity index (χ1) is 10.1. The molecule has 2 rings (SSSR count). The summed E-state index contributed by atoms with van der Waals surface area (Å²) >= 11 is 0. The summed E-state index contributed by atoms with van der Waals surface area (Å²) in [6.45, 7) is 6.52. The Morgan fingerprint density at radius 2 is 2.00 bits per heavy atom. The third-order valence-electron chi connectivity index (χ3n) is 4.15. The molecule has 3 nitrogen and oxygen atoms in total. The number of rotatable bonds is 5. The standard InChI is InChI=1S/C18H27NO2/c1-14(2)19(16-9-5-4-6-10-16)18(20)13-21-17-11-7-8-15(3)12-17/h4-6,9-10,14-15,17H,7-8,11-13H2,1-3H3. The normalized spacial score (nSPS) is 22.3. The SMILES string of the molecule is CC1CCCC(OCC(=O)N(c2ccccc2)C(C)C)C1. The molecule has 0 aliphatic heterocycles. The Bertz CT molecular complexity index is 444. The minimum atomic E-state index is 0.0504. The van der Waals surface area contributed by atoms with Crippen LogP contribution in [0.3, 0.4) is 0 Å². The molecule has 1 amide bonds. The van der Waals surface area contributed by atoms with Gasteiger partial charge in [-0.15, -0.1) is 0 Å². The molecule has 0 spiro atoms. The quantitative estimate of drug-likeness (QED) is 0.819. The van der Waals surface area contributed by atoms with Crippen LogP contribution in [0, 0.1) is 5.92 Å². The van der Waals surface area contributed by atoms with Crippen molar-refractivity contribution in [3.63, 3.8) is 0 Å². The van der Waals surface area contributed by atoms with Crippen molar-refractivity contribution in [3.05, 3.63) is 30.3 Å². The molecular formula is C18H27NO2. The van der Waals surface area contributed by atoms with Gasteiger partial charge in [0.25, 0.3) is 5.91 Å². The van der Waals surface area contributed by atoms with Crippen LogP contribution in [0.5, 0.6) is 0 Å². The Morgan fingerprint density at radius 1 is 1.29 bits per heavy atom. The summed E-state index contributed by atoms with van der Waals surface area (Å²) in [5, 5.41) is 0. The average molecular weight is 289 g/mol. The highest BCUT2D eigenvalue weighted by molar-refractivity contribution is 5.94. The molecule has 116 valence electrons. The smallest absolute Gasteiger partial charge is 0.253 e. The Kier molecular flexibility index (Phi) is 5.80. The zero-order valence-electron chi connectivity index (χ0n) is 13.4. The topological polar surface area (TPSA) is 29.5 Å². The van der Waals surface area contributed by atoms with Crippen molar-refractivity contribution in [1.82, 2.24) is 0 Å². The molecule has 0 N–H and O–H groups in total. The maximum atomic E-state index is 12.5. The van der Waals surface area contributed by atoms with Crippen molar-refractivity contribution in [3.8, 4) is 0 Å². The van der Waals surface area contributed by atoms with Crippen molar-refractivity contribution in [2.75, 3.05) is 11.5 Å². The van der Waals surface area contributed by atoms with E-state index in [1.54, 1.807) is 0 Å². The molecule has 2 atom stereocenters. The summed E-state index contributed by atoms with van der Waals surface area (Å²) in [6, 6.07) is 9.96. The lowest BCUT2D eigenvalue weighted by Gasteiger charge is -2.30. The summed E-state index contributed by atoms with van der Waals surface area (Å²) in [5.74, 6) is 0.767. The second-order valence-corrected chi connectivity index (χ2v) is 6.40. The number of ether oxygens (including phenoxy) is 1. The fourth-order valence-corrected chi connectivity index (χ4v) is 3.11. The van der Waals surface area contributed by atoms with Crippen LogP contribution in [0.1, 0.15) is 46.5 Å². The Hall–Kier alpha value is -1.35. The van der Waals surface area contributed by atoms with E-state index in [9.17, 15) is 4.79 Å². The summed E-state index contributed by atoms with van der Waals surface area (Å²) in [5.41, 5.74) is 0.943. The van der Waals surface area contributed by atoms with Crippen molar-refractivity contribution in [2.24, 2.45) is 5.92 Å². The molecule has 0 heterocycles. The molecule has 1 aromatic rings. The zero-order valence-corrected chi connectivity index (χ0v) is 13.4. The summed E-state index contributed by atoms with van der Waals surface area (Å²) in [7, 11) is 0. The van der Waals surface area contributed by atoms with Crippen LogP contribution >= 0.6 is 0 Å². The van der Waals surface area contributed by atoms with Gasteiger partial charge in [-0.25, -0.2) is 0 Å². The number of benzene rings is 1. The maximum Gasteiger partial charge on any atom is 0.253 e. The van der Waals surface area contributed by atoms with Crippen molar-refractivity contribution < 1.29 is 9.53 Å². The fourth-order valence-electron chi connectivity index (χ4n) is 3.11. The highest BCUT2D eigenvalue weighted by atomic mass is 16.5. The molecule has 1 aromatic carbocycles. The lowest BCUT2D eigenvalue weighted by Crippen LogP contribution is -2.40. The molecule has 1 fully saturated rings. The van der Waals surface area contributed by atoms with Gasteiger partial charge in [0.1, 0.15) is 6.61 Å². The van der Waals surface area contributed by atoms with E-state index >= 15 is 0 Å². The van der Waals surface area contributed by atoms with Gasteiger partial charge < -0.3 is 9.64 Å². The first-order valence-corrected chi connectivity index (χ1v) is 8.06. The van der Waals surface area contributed by atoms with Gasteiger partial charge in [0.2, 0.25) is 0 Å². The van der Waals surface area contributed by atoms with E-state index in [1.165, 1.54) is 12.8 Å². The van der Waals surface area contributed by atoms with Crippen LogP contribution in [0.15, 0.2) is 30.3 Å². The summed E-state index contributed by atoms with van der Waals surface area (Å²) in [6.07, 6.45) is 4.93. The third-order valence-corrected chi connectivity index (χ3v) is 4.15. The number of para-hydroxylation sites is 1. The number of anilines is 1. The zero-order chi connectivity index (χ0) is 15.2. The van der Waals surface area contributed by atoms with Crippen LogP contribution in [0.2, 0.25) is 0 Å². The third kappa shape index (κ3) is 4.57. The minimum absolute atomic E-state index is 0.0504. The van der Waals surface area contributed by atoms with Crippen molar-refractivity contribution in [1.29, 1.82) is 0 Å². The van der Waals surface area contributed by atoms with E-state index in [4.69, 9.17) is 4.74 Å². The lowest BCUT2D eigenvalue weighted by atomic mass is 9.89. The first-order valence-electron chi connectivity index (χ1n) is 8.06. The van der Waals surface area contributed by atoms with Crippen molar-refractivity contribution in [2.45, 2.75) is 58.6 Å². The monoisotopic (exact) mass is 289 g/mol. The van der Waals surface area contributed by atoms with Gasteiger partial charge in [-0.2, -0.15) is 0 Å². The number of carbonyl (C=O) groups excluding carboxylic acids is 1. The van der Waals surface area contributed by atoms with Gasteiger partial charge in [-0.3, -0.25) is 4.79 Å². The molecule has 1 aliphatic carbocycles. The van der Waals surface area contributed by atoms with Gasteiger partial charge in [-0.1, -0.05) is 38.0 Å². The van der Waals surface area contributed by atoms with Gasteiger partial charge in [0.05, 0.1) is 6.10 Å². The molecule has 1 aliphatic rings. The summed E-state index contributed by atoms with van der Waals surface area (Å²) in [4.78, 5) is 14.3. The van der Waals surface area contributed by atoms with E-state index in [-0.39, 0.29) is 24.7 Å². The van der Waals surface area contributed by atoms with Crippen LogP contribution < -0.4 is 4.90 Å². The van der Waals surface area contributed by atoms with E-state index in [2.05, 4.69) is 6.92 Å². The largest absolute Gasteiger partial charge is 0.368 e. The van der Waals surface area contributed by atoms with E-state index in [0.717, 1.165) is 18.5 Å². The second-order valence-electron chi connectivity index (χ2n) is 6.40. The van der Waals surface area contributed by atoms with Gasteiger partial charge in [0, 0.05) is 11.7 Å². The van der Waals surface area contributed by atoms with Gasteiger partial charge in [0.15, 0.2) is 0 Å². The molecule has 3 heteroatoms. The van der Waals surface area contributed by atoms with E-state index in [0.29, 0.717) is 5.92 Å². The molecule has 0 saturated heterocycles. The Labute approximate surface area is 128 Å². The van der Waals surface area contributed by atoms with E-state index < -0.39 is 0 Å². The number of amides is 1. The average Bonchev–Trinajstić information content (AvgIpc) is 2.46. The predicted molar refractivity (Wildman–Crippen MR) is 86.4 cm³/mol. The molecule has 0 radical (unpaired) electrons. The second kappa shape index (κ2) is 7.60. The van der Waals surface area contributed by atoms with Crippen molar-refractivity contribution >= 4 is 11.6 Å². The Morgan fingerprint density at radius 3 is 2.62 bits per heavy atom. The molecular weight excluding hydrogens is 262 g/mol.